The number of hydrogen-bond donors (Lipinski definition) is 1. The van der Waals surface area contributed by atoms with Crippen LogP contribution in [0.3, 0.4) is 0 Å². The molecule has 0 radical (unpaired) electrons. The Labute approximate surface area is 64.8 Å². The quantitative estimate of drug-likeness (QED) is 0.347. The first-order valence-electron chi connectivity index (χ1n) is 3.60. The van der Waals surface area contributed by atoms with Gasteiger partial charge in [0.2, 0.25) is 0 Å². The average Bonchev–Trinajstić information content (AvgIpc) is 1.87. The second kappa shape index (κ2) is 6.99. The van der Waals surface area contributed by atoms with Gasteiger partial charge in [0.1, 0.15) is 0 Å². The lowest BCUT2D eigenvalue weighted by Crippen LogP contribution is -1.98. The molecule has 0 rings (SSSR count). The Morgan fingerprint density at radius 2 is 2.40 bits per heavy atom. The topological polar surface area (TPSA) is 29.5 Å². The molecule has 0 atom stereocenters. The van der Waals surface area contributed by atoms with E-state index < -0.39 is 9.76 Å². The third-order valence-corrected chi connectivity index (χ3v) is 1.86. The summed E-state index contributed by atoms with van der Waals surface area (Å²) in [4.78, 5) is 8.54. The van der Waals surface area contributed by atoms with Crippen LogP contribution in [-0.2, 0) is 4.74 Å². The first-order valence-corrected chi connectivity index (χ1v) is 5.23. The van der Waals surface area contributed by atoms with E-state index in [4.69, 9.17) is 9.53 Å². The SMILES string of the molecule is C=C(C)COCCC[SiH2]O. The molecule has 0 aromatic heterocycles. The molecule has 0 heterocycles. The van der Waals surface area contributed by atoms with Gasteiger partial charge >= 0.3 is 0 Å². The van der Waals surface area contributed by atoms with Crippen molar-refractivity contribution in [1.29, 1.82) is 0 Å². The molecule has 0 aliphatic rings. The van der Waals surface area contributed by atoms with Crippen LogP contribution in [0.15, 0.2) is 12.2 Å². The van der Waals surface area contributed by atoms with Crippen molar-refractivity contribution in [3.63, 3.8) is 0 Å². The Kier molecular flexibility index (Phi) is 6.90. The van der Waals surface area contributed by atoms with Crippen LogP contribution in [0.1, 0.15) is 13.3 Å². The normalized spacial score (nSPS) is 11.0. The highest BCUT2D eigenvalue weighted by atomic mass is 28.2. The Morgan fingerprint density at radius 1 is 1.70 bits per heavy atom. The summed E-state index contributed by atoms with van der Waals surface area (Å²) >= 11 is 0. The van der Waals surface area contributed by atoms with Gasteiger partial charge in [-0.15, -0.1) is 0 Å². The summed E-state index contributed by atoms with van der Waals surface area (Å²) in [5, 5.41) is 0. The molecule has 1 N–H and O–H groups in total. The number of ether oxygens (including phenoxy) is 1. The van der Waals surface area contributed by atoms with E-state index in [9.17, 15) is 0 Å². The zero-order valence-corrected chi connectivity index (χ0v) is 8.01. The van der Waals surface area contributed by atoms with Crippen molar-refractivity contribution >= 4 is 9.76 Å². The van der Waals surface area contributed by atoms with E-state index in [0.29, 0.717) is 6.61 Å². The van der Waals surface area contributed by atoms with E-state index in [1.165, 1.54) is 0 Å². The van der Waals surface area contributed by atoms with Gasteiger partial charge in [0, 0.05) is 6.61 Å². The van der Waals surface area contributed by atoms with Crippen molar-refractivity contribution in [3.8, 4) is 0 Å². The fraction of sp³-hybridized carbons (Fsp3) is 0.714. The first kappa shape index (κ1) is 9.88. The molecule has 0 saturated carbocycles. The molecule has 0 aromatic rings. The first-order chi connectivity index (χ1) is 4.77. The molecule has 0 saturated heterocycles. The van der Waals surface area contributed by atoms with Crippen molar-refractivity contribution in [2.45, 2.75) is 19.4 Å². The average molecular weight is 160 g/mol. The predicted octanol–water partition coefficient (Wildman–Crippen LogP) is 0.464. The maximum absolute atomic E-state index is 8.54. The van der Waals surface area contributed by atoms with Gasteiger partial charge in [0.15, 0.2) is 9.76 Å². The van der Waals surface area contributed by atoms with Gasteiger partial charge in [-0.3, -0.25) is 0 Å². The Bertz CT molecular complexity index is 93.6. The zero-order valence-electron chi connectivity index (χ0n) is 6.60. The van der Waals surface area contributed by atoms with Crippen LogP contribution >= 0.6 is 0 Å². The van der Waals surface area contributed by atoms with Gasteiger partial charge in [0.25, 0.3) is 0 Å². The van der Waals surface area contributed by atoms with E-state index in [1.807, 2.05) is 6.92 Å². The highest BCUT2D eigenvalue weighted by Crippen LogP contribution is 1.92. The van der Waals surface area contributed by atoms with Crippen molar-refractivity contribution < 1.29 is 9.53 Å². The second-order valence-corrected chi connectivity index (χ2v) is 3.59. The Morgan fingerprint density at radius 3 is 2.90 bits per heavy atom. The minimum atomic E-state index is -0.736. The van der Waals surface area contributed by atoms with Crippen LogP contribution in [0.5, 0.6) is 0 Å². The maximum Gasteiger partial charge on any atom is 0.156 e. The largest absolute Gasteiger partial charge is 0.438 e. The molecule has 0 aliphatic carbocycles. The van der Waals surface area contributed by atoms with Gasteiger partial charge < -0.3 is 9.53 Å². The minimum Gasteiger partial charge on any atom is -0.438 e. The highest BCUT2D eigenvalue weighted by Gasteiger charge is 1.88. The smallest absolute Gasteiger partial charge is 0.156 e. The van der Waals surface area contributed by atoms with Gasteiger partial charge in [0.05, 0.1) is 6.61 Å². The lowest BCUT2D eigenvalue weighted by atomic mass is 10.4. The maximum atomic E-state index is 8.54. The Hall–Kier alpha value is -0.123. The summed E-state index contributed by atoms with van der Waals surface area (Å²) < 4.78 is 5.21. The minimum absolute atomic E-state index is 0.660. The van der Waals surface area contributed by atoms with Crippen LogP contribution in [0, 0.1) is 0 Å². The molecule has 0 bridgehead atoms. The summed E-state index contributed by atoms with van der Waals surface area (Å²) in [6, 6.07) is 0.968. The van der Waals surface area contributed by atoms with E-state index in [1.54, 1.807) is 0 Å². The molecule has 60 valence electrons. The molecule has 0 fully saturated rings. The predicted molar refractivity (Wildman–Crippen MR) is 45.8 cm³/mol. The molecule has 0 aliphatic heterocycles. The van der Waals surface area contributed by atoms with E-state index >= 15 is 0 Å². The van der Waals surface area contributed by atoms with E-state index in [2.05, 4.69) is 6.58 Å². The summed E-state index contributed by atoms with van der Waals surface area (Å²) in [5.74, 6) is 0. The summed E-state index contributed by atoms with van der Waals surface area (Å²) in [5.41, 5.74) is 1.06. The fourth-order valence-electron chi connectivity index (χ4n) is 0.562. The van der Waals surface area contributed by atoms with Crippen LogP contribution in [-0.4, -0.2) is 27.8 Å². The lowest BCUT2D eigenvalue weighted by Gasteiger charge is -2.01. The molecule has 10 heavy (non-hydrogen) atoms. The molecule has 0 unspecified atom stereocenters. The molecular weight excluding hydrogens is 144 g/mol. The molecule has 3 heteroatoms. The van der Waals surface area contributed by atoms with E-state index in [0.717, 1.165) is 24.6 Å². The second-order valence-electron chi connectivity index (χ2n) is 2.44. The molecule has 2 nitrogen and oxygen atoms in total. The monoisotopic (exact) mass is 160 g/mol. The van der Waals surface area contributed by atoms with Crippen molar-refractivity contribution in [2.75, 3.05) is 13.2 Å². The van der Waals surface area contributed by atoms with E-state index in [-0.39, 0.29) is 0 Å². The third-order valence-electron chi connectivity index (χ3n) is 1.05. The summed E-state index contributed by atoms with van der Waals surface area (Å²) in [7, 11) is -0.736. The molecule has 0 aromatic carbocycles. The van der Waals surface area contributed by atoms with Crippen LogP contribution in [0.2, 0.25) is 6.04 Å². The van der Waals surface area contributed by atoms with Gasteiger partial charge in [-0.2, -0.15) is 0 Å². The van der Waals surface area contributed by atoms with Gasteiger partial charge in [-0.25, -0.2) is 0 Å². The molecule has 0 amide bonds. The molecular formula is C7H16O2Si. The number of hydrogen-bond acceptors (Lipinski definition) is 2. The van der Waals surface area contributed by atoms with Crippen molar-refractivity contribution in [1.82, 2.24) is 0 Å². The zero-order chi connectivity index (χ0) is 7.82. The molecule has 0 spiro atoms. The lowest BCUT2D eigenvalue weighted by molar-refractivity contribution is 0.156. The van der Waals surface area contributed by atoms with Gasteiger partial charge in [-0.05, 0) is 19.4 Å². The summed E-state index contributed by atoms with van der Waals surface area (Å²) in [6.07, 6.45) is 0.996. The standard InChI is InChI=1S/C7H16O2Si/c1-7(2)6-9-4-3-5-10-8/h8H,1,3-6,10H2,2H3. The van der Waals surface area contributed by atoms with Crippen LogP contribution in [0.4, 0.5) is 0 Å². The fourth-order valence-corrected chi connectivity index (χ4v) is 0.990. The van der Waals surface area contributed by atoms with Crippen molar-refractivity contribution in [3.05, 3.63) is 12.2 Å². The van der Waals surface area contributed by atoms with Crippen LogP contribution in [0.25, 0.3) is 0 Å². The van der Waals surface area contributed by atoms with Crippen LogP contribution < -0.4 is 0 Å². The van der Waals surface area contributed by atoms with Gasteiger partial charge in [-0.1, -0.05) is 12.2 Å². The summed E-state index contributed by atoms with van der Waals surface area (Å²) in [6.45, 7) is 7.08. The third kappa shape index (κ3) is 7.88. The highest BCUT2D eigenvalue weighted by molar-refractivity contribution is 6.25. The number of rotatable bonds is 6. The van der Waals surface area contributed by atoms with Crippen molar-refractivity contribution in [2.24, 2.45) is 0 Å². The Balaban J connectivity index is 2.84.